The molecule has 0 aliphatic rings. The number of nitrogens with zero attached hydrogens (tertiary/aromatic N) is 3. The summed E-state index contributed by atoms with van der Waals surface area (Å²) in [6.07, 6.45) is 4.23. The first-order valence-corrected chi connectivity index (χ1v) is 8.72. The molecule has 2 heterocycles. The van der Waals surface area contributed by atoms with Crippen LogP contribution in [0.1, 0.15) is 28.1 Å². The molecule has 0 spiro atoms. The summed E-state index contributed by atoms with van der Waals surface area (Å²) in [5.74, 6) is 1.38. The highest BCUT2D eigenvalue weighted by Gasteiger charge is 2.26. The van der Waals surface area contributed by atoms with Gasteiger partial charge in [0.1, 0.15) is 28.7 Å². The molecule has 3 aromatic rings. The van der Waals surface area contributed by atoms with Crippen LogP contribution in [-0.4, -0.2) is 35.6 Å². The fourth-order valence-corrected chi connectivity index (χ4v) is 2.84. The molecule has 138 valence electrons. The number of carbonyl (C=O) groups excluding carboxylic acids is 1. The minimum Gasteiger partial charge on any atom is -0.494 e. The Kier molecular flexibility index (Phi) is 5.62. The lowest BCUT2D eigenvalue weighted by Gasteiger charge is -2.17. The maximum absolute atomic E-state index is 12.9. The molecule has 3 rings (SSSR count). The summed E-state index contributed by atoms with van der Waals surface area (Å²) in [4.78, 5) is 14.4. The zero-order valence-corrected chi connectivity index (χ0v) is 15.4. The first-order chi connectivity index (χ1) is 13.1. The number of benzene rings is 1. The van der Waals surface area contributed by atoms with E-state index in [1.54, 1.807) is 35.8 Å². The number of furan rings is 1. The molecule has 6 nitrogen and oxygen atoms in total. The highest BCUT2D eigenvalue weighted by atomic mass is 16.5. The minimum absolute atomic E-state index is 0.231. The van der Waals surface area contributed by atoms with Gasteiger partial charge in [-0.15, -0.1) is 0 Å². The summed E-state index contributed by atoms with van der Waals surface area (Å²) >= 11 is 0. The van der Waals surface area contributed by atoms with E-state index in [-0.39, 0.29) is 11.5 Å². The fraction of sp³-hybridized carbons (Fsp3) is 0.238. The third-order valence-electron chi connectivity index (χ3n) is 4.23. The zero-order chi connectivity index (χ0) is 19.2. The standard InChI is InChI=1S/C21H21N3O3/c1-16-19(18(15-22)21(27-16)24-12-6-7-13-24)20(25)23(2)11-8-14-26-17-9-4-3-5-10-17/h3-7,9-10,12-13H,8,11,14H2,1-2H3. The van der Waals surface area contributed by atoms with Crippen molar-refractivity contribution in [2.75, 3.05) is 20.2 Å². The average molecular weight is 363 g/mol. The molecule has 0 bridgehead atoms. The highest BCUT2D eigenvalue weighted by Crippen LogP contribution is 2.26. The lowest BCUT2D eigenvalue weighted by atomic mass is 10.1. The van der Waals surface area contributed by atoms with Gasteiger partial charge in [0.2, 0.25) is 5.88 Å². The van der Waals surface area contributed by atoms with Crippen LogP contribution in [0.3, 0.4) is 0 Å². The Bertz CT molecular complexity index is 937. The number of nitriles is 1. The van der Waals surface area contributed by atoms with Crippen LogP contribution in [0.2, 0.25) is 0 Å². The molecule has 0 saturated heterocycles. The molecule has 0 aliphatic carbocycles. The predicted molar refractivity (Wildman–Crippen MR) is 101 cm³/mol. The van der Waals surface area contributed by atoms with Gasteiger partial charge in [0.25, 0.3) is 5.91 Å². The van der Waals surface area contributed by atoms with E-state index < -0.39 is 0 Å². The van der Waals surface area contributed by atoms with Crippen molar-refractivity contribution in [3.63, 3.8) is 0 Å². The topological polar surface area (TPSA) is 71.4 Å². The predicted octanol–water partition coefficient (Wildman–Crippen LogP) is 3.79. The third-order valence-corrected chi connectivity index (χ3v) is 4.23. The smallest absolute Gasteiger partial charge is 0.258 e. The molecular formula is C21H21N3O3. The molecule has 2 aromatic heterocycles. The summed E-state index contributed by atoms with van der Waals surface area (Å²) in [5, 5.41) is 9.57. The number of carbonyl (C=O) groups is 1. The maximum atomic E-state index is 12.9. The summed E-state index contributed by atoms with van der Waals surface area (Å²) in [6.45, 7) is 2.72. The highest BCUT2D eigenvalue weighted by molar-refractivity contribution is 5.98. The van der Waals surface area contributed by atoms with Crippen LogP contribution in [0.5, 0.6) is 5.75 Å². The van der Waals surface area contributed by atoms with Crippen LogP contribution in [-0.2, 0) is 0 Å². The van der Waals surface area contributed by atoms with E-state index in [4.69, 9.17) is 9.15 Å². The molecule has 27 heavy (non-hydrogen) atoms. The Morgan fingerprint density at radius 3 is 2.59 bits per heavy atom. The summed E-state index contributed by atoms with van der Waals surface area (Å²) in [7, 11) is 1.72. The number of para-hydroxylation sites is 1. The van der Waals surface area contributed by atoms with Gasteiger partial charge in [-0.2, -0.15) is 5.26 Å². The quantitative estimate of drug-likeness (QED) is 0.599. The minimum atomic E-state index is -0.231. The molecule has 0 fully saturated rings. The second-order valence-electron chi connectivity index (χ2n) is 6.16. The number of aromatic nitrogens is 1. The monoisotopic (exact) mass is 363 g/mol. The molecule has 0 aliphatic heterocycles. The van der Waals surface area contributed by atoms with E-state index in [1.807, 2.05) is 42.5 Å². The van der Waals surface area contributed by atoms with Gasteiger partial charge in [-0.05, 0) is 37.6 Å². The summed E-state index contributed by atoms with van der Waals surface area (Å²) < 4.78 is 13.0. The molecule has 0 N–H and O–H groups in total. The maximum Gasteiger partial charge on any atom is 0.258 e. The molecule has 0 unspecified atom stereocenters. The van der Waals surface area contributed by atoms with Crippen molar-refractivity contribution in [3.8, 4) is 17.7 Å². The Labute approximate surface area is 158 Å². The average Bonchev–Trinajstić information content (AvgIpc) is 3.32. The summed E-state index contributed by atoms with van der Waals surface area (Å²) in [6, 6.07) is 15.3. The van der Waals surface area contributed by atoms with E-state index in [0.29, 0.717) is 36.8 Å². The van der Waals surface area contributed by atoms with Crippen molar-refractivity contribution in [1.29, 1.82) is 5.26 Å². The van der Waals surface area contributed by atoms with Crippen LogP contribution in [0, 0.1) is 18.3 Å². The van der Waals surface area contributed by atoms with Gasteiger partial charge < -0.3 is 14.1 Å². The Hall–Kier alpha value is -3.46. The van der Waals surface area contributed by atoms with E-state index in [1.165, 1.54) is 0 Å². The summed E-state index contributed by atoms with van der Waals surface area (Å²) in [5.41, 5.74) is 0.564. The Balaban J connectivity index is 1.65. The van der Waals surface area contributed by atoms with Gasteiger partial charge in [-0.3, -0.25) is 9.36 Å². The third kappa shape index (κ3) is 4.04. The van der Waals surface area contributed by atoms with Gasteiger partial charge in [0, 0.05) is 26.0 Å². The van der Waals surface area contributed by atoms with E-state index in [0.717, 1.165) is 5.75 Å². The van der Waals surface area contributed by atoms with Crippen LogP contribution in [0.15, 0.2) is 59.3 Å². The van der Waals surface area contributed by atoms with Crippen LogP contribution in [0.4, 0.5) is 0 Å². The van der Waals surface area contributed by atoms with Gasteiger partial charge in [-0.1, -0.05) is 18.2 Å². The normalized spacial score (nSPS) is 10.4. The van der Waals surface area contributed by atoms with E-state index in [9.17, 15) is 10.1 Å². The number of rotatable bonds is 7. The lowest BCUT2D eigenvalue weighted by Crippen LogP contribution is -2.29. The van der Waals surface area contributed by atoms with Crippen LogP contribution >= 0.6 is 0 Å². The van der Waals surface area contributed by atoms with E-state index in [2.05, 4.69) is 6.07 Å². The van der Waals surface area contributed by atoms with Crippen LogP contribution in [0.25, 0.3) is 5.88 Å². The number of aryl methyl sites for hydroxylation is 1. The Morgan fingerprint density at radius 1 is 1.22 bits per heavy atom. The Morgan fingerprint density at radius 2 is 1.93 bits per heavy atom. The first-order valence-electron chi connectivity index (χ1n) is 8.72. The van der Waals surface area contributed by atoms with Crippen molar-refractivity contribution < 1.29 is 13.9 Å². The first kappa shape index (κ1) is 18.3. The second kappa shape index (κ2) is 8.28. The van der Waals surface area contributed by atoms with Gasteiger partial charge >= 0.3 is 0 Å². The van der Waals surface area contributed by atoms with Crippen molar-refractivity contribution in [2.24, 2.45) is 0 Å². The van der Waals surface area contributed by atoms with Crippen molar-refractivity contribution in [1.82, 2.24) is 9.47 Å². The number of ether oxygens (including phenoxy) is 1. The largest absolute Gasteiger partial charge is 0.494 e. The SMILES string of the molecule is Cc1oc(-n2cccc2)c(C#N)c1C(=O)N(C)CCCOc1ccccc1. The van der Waals surface area contributed by atoms with Gasteiger partial charge in [-0.25, -0.2) is 0 Å². The molecule has 0 radical (unpaired) electrons. The zero-order valence-electron chi connectivity index (χ0n) is 15.4. The molecule has 1 aromatic carbocycles. The molecule has 0 saturated carbocycles. The molecule has 0 atom stereocenters. The number of hydrogen-bond acceptors (Lipinski definition) is 4. The van der Waals surface area contributed by atoms with Crippen LogP contribution < -0.4 is 4.74 Å². The fourth-order valence-electron chi connectivity index (χ4n) is 2.84. The molecule has 6 heteroatoms. The number of hydrogen-bond donors (Lipinski definition) is 0. The van der Waals surface area contributed by atoms with Gasteiger partial charge in [0.15, 0.2) is 0 Å². The molecular weight excluding hydrogens is 342 g/mol. The van der Waals surface area contributed by atoms with Crippen molar-refractivity contribution in [3.05, 3.63) is 71.7 Å². The van der Waals surface area contributed by atoms with E-state index >= 15 is 0 Å². The number of amides is 1. The second-order valence-corrected chi connectivity index (χ2v) is 6.16. The van der Waals surface area contributed by atoms with Crippen molar-refractivity contribution in [2.45, 2.75) is 13.3 Å². The van der Waals surface area contributed by atoms with Crippen molar-refractivity contribution >= 4 is 5.91 Å². The lowest BCUT2D eigenvalue weighted by molar-refractivity contribution is 0.0786. The van der Waals surface area contributed by atoms with Gasteiger partial charge in [0.05, 0.1) is 6.61 Å². The molecule has 1 amide bonds.